The molecule has 6 heteroatoms. The Morgan fingerprint density at radius 2 is 1.74 bits per heavy atom. The summed E-state index contributed by atoms with van der Waals surface area (Å²) in [7, 11) is 3.23. The van der Waals surface area contributed by atoms with Crippen LogP contribution < -0.4 is 19.5 Å². The van der Waals surface area contributed by atoms with E-state index in [1.54, 1.807) is 14.2 Å². The molecule has 0 unspecified atom stereocenters. The van der Waals surface area contributed by atoms with Gasteiger partial charge in [0.1, 0.15) is 6.61 Å². The summed E-state index contributed by atoms with van der Waals surface area (Å²) in [5.41, 5.74) is 1.22. The third-order valence-electron chi connectivity index (χ3n) is 4.34. The molecule has 0 aromatic heterocycles. The monoisotopic (exact) mass is 373 g/mol. The minimum absolute atomic E-state index is 0.0551. The van der Waals surface area contributed by atoms with Crippen LogP contribution in [0, 0.1) is 0 Å². The first-order valence-corrected chi connectivity index (χ1v) is 9.15. The Morgan fingerprint density at radius 1 is 1.00 bits per heavy atom. The predicted octanol–water partition coefficient (Wildman–Crippen LogP) is 2.66. The second-order valence-electron chi connectivity index (χ2n) is 6.25. The van der Waals surface area contributed by atoms with Gasteiger partial charge >= 0.3 is 0 Å². The van der Waals surface area contributed by atoms with Crippen LogP contribution in [0.4, 0.5) is 0 Å². The average Bonchev–Trinajstić information content (AvgIpc) is 3.15. The van der Waals surface area contributed by atoms with Crippen molar-refractivity contribution in [1.82, 2.24) is 5.32 Å². The lowest BCUT2D eigenvalue weighted by molar-refractivity contribution is -0.0552. The average molecular weight is 373 g/mol. The lowest BCUT2D eigenvalue weighted by Gasteiger charge is -2.15. The largest absolute Gasteiger partial charge is 0.493 e. The SMILES string of the molecule is COc1cccc(OC)c1OCCNC[C@@H]1CO[C@H](Cc2ccccc2)O1. The Morgan fingerprint density at radius 3 is 2.44 bits per heavy atom. The Kier molecular flexibility index (Phi) is 7.33. The Labute approximate surface area is 160 Å². The summed E-state index contributed by atoms with van der Waals surface area (Å²) < 4.78 is 28.1. The van der Waals surface area contributed by atoms with Crippen LogP contribution in [0.15, 0.2) is 48.5 Å². The van der Waals surface area contributed by atoms with E-state index < -0.39 is 0 Å². The zero-order valence-corrected chi connectivity index (χ0v) is 15.9. The van der Waals surface area contributed by atoms with Crippen molar-refractivity contribution >= 4 is 0 Å². The van der Waals surface area contributed by atoms with E-state index >= 15 is 0 Å². The van der Waals surface area contributed by atoms with Gasteiger partial charge in [0.25, 0.3) is 0 Å². The van der Waals surface area contributed by atoms with Crippen molar-refractivity contribution in [2.45, 2.75) is 18.8 Å². The van der Waals surface area contributed by atoms with Crippen molar-refractivity contribution in [3.05, 3.63) is 54.1 Å². The highest BCUT2D eigenvalue weighted by Crippen LogP contribution is 2.36. The quantitative estimate of drug-likeness (QED) is 0.646. The molecule has 1 heterocycles. The third kappa shape index (κ3) is 5.60. The molecule has 2 atom stereocenters. The van der Waals surface area contributed by atoms with Crippen molar-refractivity contribution < 1.29 is 23.7 Å². The van der Waals surface area contributed by atoms with Crippen molar-refractivity contribution in [2.75, 3.05) is 40.5 Å². The highest BCUT2D eigenvalue weighted by atomic mass is 16.7. The molecule has 1 saturated heterocycles. The van der Waals surface area contributed by atoms with Crippen LogP contribution in [0.1, 0.15) is 5.56 Å². The number of hydrogen-bond donors (Lipinski definition) is 1. The van der Waals surface area contributed by atoms with Gasteiger partial charge in [-0.25, -0.2) is 0 Å². The summed E-state index contributed by atoms with van der Waals surface area (Å²) in [6.45, 7) is 2.51. The first-order valence-electron chi connectivity index (χ1n) is 9.15. The second-order valence-corrected chi connectivity index (χ2v) is 6.25. The van der Waals surface area contributed by atoms with Crippen LogP contribution in [0.5, 0.6) is 17.2 Å². The zero-order chi connectivity index (χ0) is 18.9. The molecule has 1 fully saturated rings. The van der Waals surface area contributed by atoms with E-state index in [0.717, 1.165) is 13.0 Å². The molecule has 0 spiro atoms. The molecule has 146 valence electrons. The van der Waals surface area contributed by atoms with E-state index in [-0.39, 0.29) is 12.4 Å². The maximum Gasteiger partial charge on any atom is 0.203 e. The smallest absolute Gasteiger partial charge is 0.203 e. The number of hydrogen-bond acceptors (Lipinski definition) is 6. The van der Waals surface area contributed by atoms with E-state index in [1.165, 1.54) is 5.56 Å². The zero-order valence-electron chi connectivity index (χ0n) is 15.9. The molecule has 6 nitrogen and oxygen atoms in total. The molecule has 1 aliphatic rings. The molecule has 1 aliphatic heterocycles. The maximum absolute atomic E-state index is 5.94. The van der Waals surface area contributed by atoms with Gasteiger partial charge in [0, 0.05) is 19.5 Å². The minimum Gasteiger partial charge on any atom is -0.493 e. The van der Waals surface area contributed by atoms with E-state index in [0.29, 0.717) is 37.0 Å². The molecule has 0 saturated carbocycles. The second kappa shape index (κ2) is 10.2. The topological polar surface area (TPSA) is 58.2 Å². The fourth-order valence-electron chi connectivity index (χ4n) is 2.98. The van der Waals surface area contributed by atoms with Crippen LogP contribution in [-0.2, 0) is 15.9 Å². The molecule has 2 aromatic rings. The van der Waals surface area contributed by atoms with Crippen LogP contribution in [0.3, 0.4) is 0 Å². The Hall–Kier alpha value is -2.28. The van der Waals surface area contributed by atoms with E-state index in [1.807, 2.05) is 36.4 Å². The van der Waals surface area contributed by atoms with Crippen LogP contribution in [0.2, 0.25) is 0 Å². The fraction of sp³-hybridized carbons (Fsp3) is 0.429. The van der Waals surface area contributed by atoms with Gasteiger partial charge in [-0.3, -0.25) is 0 Å². The van der Waals surface area contributed by atoms with Gasteiger partial charge in [-0.15, -0.1) is 0 Å². The molecular formula is C21H27NO5. The van der Waals surface area contributed by atoms with Crippen LogP contribution in [-0.4, -0.2) is 52.9 Å². The number of rotatable bonds is 10. The highest BCUT2D eigenvalue weighted by molar-refractivity contribution is 5.51. The molecular weight excluding hydrogens is 346 g/mol. The first-order chi connectivity index (χ1) is 13.3. The summed E-state index contributed by atoms with van der Waals surface area (Å²) in [4.78, 5) is 0. The van der Waals surface area contributed by atoms with Gasteiger partial charge < -0.3 is 29.0 Å². The van der Waals surface area contributed by atoms with Gasteiger partial charge in [-0.2, -0.15) is 0 Å². The number of ether oxygens (including phenoxy) is 5. The van der Waals surface area contributed by atoms with Crippen molar-refractivity contribution in [1.29, 1.82) is 0 Å². The van der Waals surface area contributed by atoms with Crippen LogP contribution >= 0.6 is 0 Å². The lowest BCUT2D eigenvalue weighted by Crippen LogP contribution is -2.32. The number of methoxy groups -OCH3 is 2. The molecule has 0 radical (unpaired) electrons. The van der Waals surface area contributed by atoms with E-state index in [9.17, 15) is 0 Å². The fourth-order valence-corrected chi connectivity index (χ4v) is 2.98. The number of benzene rings is 2. The van der Waals surface area contributed by atoms with Gasteiger partial charge in [0.05, 0.1) is 26.9 Å². The standard InChI is InChI=1S/C21H27NO5/c1-23-18-9-6-10-19(24-2)21(18)25-12-11-22-14-17-15-26-20(27-17)13-16-7-4-3-5-8-16/h3-10,17,20,22H,11-15H2,1-2H3/t17-,20+/m1/s1. The predicted molar refractivity (Wildman–Crippen MR) is 103 cm³/mol. The molecule has 3 rings (SSSR count). The molecule has 1 N–H and O–H groups in total. The maximum atomic E-state index is 5.94. The highest BCUT2D eigenvalue weighted by Gasteiger charge is 2.25. The summed E-state index contributed by atoms with van der Waals surface area (Å²) in [6, 6.07) is 15.8. The minimum atomic E-state index is -0.173. The van der Waals surface area contributed by atoms with E-state index in [4.69, 9.17) is 23.7 Å². The summed E-state index contributed by atoms with van der Waals surface area (Å²) in [5.74, 6) is 1.93. The molecule has 0 bridgehead atoms. The van der Waals surface area contributed by atoms with Crippen molar-refractivity contribution in [2.24, 2.45) is 0 Å². The van der Waals surface area contributed by atoms with Gasteiger partial charge in [-0.1, -0.05) is 36.4 Å². The third-order valence-corrected chi connectivity index (χ3v) is 4.34. The Bertz CT molecular complexity index is 672. The summed E-state index contributed by atoms with van der Waals surface area (Å²) in [5, 5.41) is 3.35. The first kappa shape index (κ1) is 19.5. The van der Waals surface area contributed by atoms with Crippen LogP contribution in [0.25, 0.3) is 0 Å². The summed E-state index contributed by atoms with van der Waals surface area (Å²) >= 11 is 0. The summed E-state index contributed by atoms with van der Waals surface area (Å²) in [6.07, 6.45) is 0.654. The molecule has 27 heavy (non-hydrogen) atoms. The molecule has 2 aromatic carbocycles. The van der Waals surface area contributed by atoms with Gasteiger partial charge in [0.15, 0.2) is 17.8 Å². The van der Waals surface area contributed by atoms with E-state index in [2.05, 4.69) is 17.4 Å². The Balaban J connectivity index is 1.35. The van der Waals surface area contributed by atoms with Gasteiger partial charge in [-0.05, 0) is 17.7 Å². The molecule has 0 aliphatic carbocycles. The lowest BCUT2D eigenvalue weighted by atomic mass is 10.1. The normalized spacial score (nSPS) is 19.0. The van der Waals surface area contributed by atoms with Crippen molar-refractivity contribution in [3.8, 4) is 17.2 Å². The van der Waals surface area contributed by atoms with Crippen molar-refractivity contribution in [3.63, 3.8) is 0 Å². The van der Waals surface area contributed by atoms with Gasteiger partial charge in [0.2, 0.25) is 5.75 Å². The number of nitrogens with one attached hydrogen (secondary N) is 1. The molecule has 0 amide bonds. The number of para-hydroxylation sites is 1.